The summed E-state index contributed by atoms with van der Waals surface area (Å²) in [6, 6.07) is 3.89. The molecule has 0 atom stereocenters. The van der Waals surface area contributed by atoms with Crippen molar-refractivity contribution in [2.24, 2.45) is 10.2 Å². The van der Waals surface area contributed by atoms with Crippen LogP contribution in [0.15, 0.2) is 33.1 Å². The van der Waals surface area contributed by atoms with E-state index in [0.29, 0.717) is 0 Å². The second-order valence-electron chi connectivity index (χ2n) is 4.33. The second-order valence-corrected chi connectivity index (χ2v) is 6.23. The number of amides is 2. The molecule has 2 amide bonds. The molecular weight excluding hydrogens is 320 g/mol. The third-order valence-corrected chi connectivity index (χ3v) is 4.61. The summed E-state index contributed by atoms with van der Waals surface area (Å²) in [6.07, 6.45) is 3.01. The van der Waals surface area contributed by atoms with Crippen LogP contribution in [0.2, 0.25) is 0 Å². The van der Waals surface area contributed by atoms with Gasteiger partial charge in [-0.25, -0.2) is 10.9 Å². The van der Waals surface area contributed by atoms with Crippen LogP contribution in [0, 0.1) is 13.8 Å². The molecule has 22 heavy (non-hydrogen) atoms. The number of carbonyl (C=O) groups excluding carboxylic acids is 2. The fourth-order valence-corrected chi connectivity index (χ4v) is 3.01. The number of nitrogens with one attached hydrogen (secondary N) is 2. The van der Waals surface area contributed by atoms with E-state index in [-0.39, 0.29) is 0 Å². The van der Waals surface area contributed by atoms with Crippen LogP contribution in [0.25, 0.3) is 0 Å². The number of thiophene rings is 2. The molecule has 2 heterocycles. The first kappa shape index (κ1) is 16.1. The van der Waals surface area contributed by atoms with Gasteiger partial charge in [-0.3, -0.25) is 9.59 Å². The highest BCUT2D eigenvalue weighted by atomic mass is 32.1. The Kier molecular flexibility index (Phi) is 5.56. The minimum atomic E-state index is -0.870. The molecule has 0 aliphatic heterocycles. The average Bonchev–Trinajstić information content (AvgIpc) is 3.08. The van der Waals surface area contributed by atoms with Crippen LogP contribution in [0.3, 0.4) is 0 Å². The van der Waals surface area contributed by atoms with E-state index in [0.717, 1.165) is 20.9 Å². The SMILES string of the molecule is Cc1ccsc1C=NNC(=O)C(=O)NN=Cc1sccc1C. The maximum Gasteiger partial charge on any atom is 0.331 e. The Labute approximate surface area is 135 Å². The van der Waals surface area contributed by atoms with Crippen molar-refractivity contribution >= 4 is 46.9 Å². The molecular formula is C14H14N4O2S2. The van der Waals surface area contributed by atoms with Crippen LogP contribution >= 0.6 is 22.7 Å². The lowest BCUT2D eigenvalue weighted by Gasteiger charge is -1.97. The van der Waals surface area contributed by atoms with E-state index >= 15 is 0 Å². The lowest BCUT2D eigenvalue weighted by atomic mass is 10.3. The van der Waals surface area contributed by atoms with Gasteiger partial charge in [0.15, 0.2) is 0 Å². The van der Waals surface area contributed by atoms with Crippen molar-refractivity contribution in [3.63, 3.8) is 0 Å². The number of aryl methyl sites for hydroxylation is 2. The molecule has 0 unspecified atom stereocenters. The van der Waals surface area contributed by atoms with Crippen molar-refractivity contribution in [2.45, 2.75) is 13.8 Å². The van der Waals surface area contributed by atoms with Gasteiger partial charge in [0.25, 0.3) is 0 Å². The lowest BCUT2D eigenvalue weighted by molar-refractivity contribution is -0.139. The van der Waals surface area contributed by atoms with E-state index in [1.807, 2.05) is 36.7 Å². The summed E-state index contributed by atoms with van der Waals surface area (Å²) in [4.78, 5) is 24.9. The Hall–Kier alpha value is -2.32. The van der Waals surface area contributed by atoms with Gasteiger partial charge in [0.1, 0.15) is 0 Å². The molecule has 114 valence electrons. The molecule has 6 nitrogen and oxygen atoms in total. The van der Waals surface area contributed by atoms with Gasteiger partial charge in [-0.05, 0) is 47.9 Å². The van der Waals surface area contributed by atoms with E-state index in [1.165, 1.54) is 35.1 Å². The third-order valence-electron chi connectivity index (χ3n) is 2.71. The third kappa shape index (κ3) is 4.34. The van der Waals surface area contributed by atoms with Gasteiger partial charge in [-0.1, -0.05) is 0 Å². The standard InChI is InChI=1S/C14H14N4O2S2/c1-9-3-5-21-11(9)7-15-17-13(19)14(20)18-16-8-12-10(2)4-6-22-12/h3-8H,1-2H3,(H,17,19)(H,18,20). The average molecular weight is 334 g/mol. The van der Waals surface area contributed by atoms with Crippen molar-refractivity contribution in [1.29, 1.82) is 0 Å². The smallest absolute Gasteiger partial charge is 0.262 e. The Morgan fingerprint density at radius 2 is 1.32 bits per heavy atom. The summed E-state index contributed by atoms with van der Waals surface area (Å²) >= 11 is 3.00. The summed E-state index contributed by atoms with van der Waals surface area (Å²) in [5.41, 5.74) is 6.43. The highest BCUT2D eigenvalue weighted by Crippen LogP contribution is 2.12. The Morgan fingerprint density at radius 1 is 0.909 bits per heavy atom. The summed E-state index contributed by atoms with van der Waals surface area (Å²) in [7, 11) is 0. The van der Waals surface area contributed by atoms with E-state index in [4.69, 9.17) is 0 Å². The topological polar surface area (TPSA) is 82.9 Å². The molecule has 0 saturated heterocycles. The fourth-order valence-electron chi connectivity index (χ4n) is 1.43. The van der Waals surface area contributed by atoms with E-state index in [1.54, 1.807) is 0 Å². The van der Waals surface area contributed by atoms with Crippen LogP contribution in [0.4, 0.5) is 0 Å². The number of nitrogens with zero attached hydrogens (tertiary/aromatic N) is 2. The Balaban J connectivity index is 1.81. The van der Waals surface area contributed by atoms with Gasteiger partial charge in [0.05, 0.1) is 12.4 Å². The number of rotatable bonds is 4. The van der Waals surface area contributed by atoms with Gasteiger partial charge in [0.2, 0.25) is 0 Å². The predicted molar refractivity (Wildman–Crippen MR) is 89.6 cm³/mol. The maximum atomic E-state index is 11.5. The monoisotopic (exact) mass is 334 g/mol. The molecule has 0 bridgehead atoms. The van der Waals surface area contributed by atoms with Crippen molar-refractivity contribution in [2.75, 3.05) is 0 Å². The summed E-state index contributed by atoms with van der Waals surface area (Å²) < 4.78 is 0. The van der Waals surface area contributed by atoms with Crippen LogP contribution in [-0.4, -0.2) is 24.2 Å². The van der Waals surface area contributed by atoms with E-state index in [9.17, 15) is 9.59 Å². The summed E-state index contributed by atoms with van der Waals surface area (Å²) in [5.74, 6) is -1.74. The van der Waals surface area contributed by atoms with Gasteiger partial charge in [0, 0.05) is 9.75 Å². The first-order valence-electron chi connectivity index (χ1n) is 6.32. The lowest BCUT2D eigenvalue weighted by Crippen LogP contribution is -2.35. The van der Waals surface area contributed by atoms with Gasteiger partial charge in [-0.2, -0.15) is 10.2 Å². The van der Waals surface area contributed by atoms with Crippen LogP contribution in [-0.2, 0) is 9.59 Å². The minimum absolute atomic E-state index is 0.870. The van der Waals surface area contributed by atoms with Crippen molar-refractivity contribution in [3.8, 4) is 0 Å². The highest BCUT2D eigenvalue weighted by Gasteiger charge is 2.11. The molecule has 0 aliphatic carbocycles. The maximum absolute atomic E-state index is 11.5. The van der Waals surface area contributed by atoms with Gasteiger partial charge in [-0.15, -0.1) is 22.7 Å². The van der Waals surface area contributed by atoms with Crippen molar-refractivity contribution in [1.82, 2.24) is 10.9 Å². The van der Waals surface area contributed by atoms with Gasteiger partial charge < -0.3 is 0 Å². The zero-order chi connectivity index (χ0) is 15.9. The fraction of sp³-hybridized carbons (Fsp3) is 0.143. The molecule has 0 spiro atoms. The molecule has 2 aromatic rings. The van der Waals surface area contributed by atoms with E-state index < -0.39 is 11.8 Å². The molecule has 0 aromatic carbocycles. The predicted octanol–water partition coefficient (Wildman–Crippen LogP) is 2.03. The number of carbonyl (C=O) groups is 2. The molecule has 2 N–H and O–H groups in total. The van der Waals surface area contributed by atoms with Crippen LogP contribution in [0.1, 0.15) is 20.9 Å². The summed E-state index contributed by atoms with van der Waals surface area (Å²) in [6.45, 7) is 3.88. The summed E-state index contributed by atoms with van der Waals surface area (Å²) in [5, 5.41) is 11.3. The minimum Gasteiger partial charge on any atom is -0.262 e. The Bertz CT molecular complexity index is 669. The first-order valence-corrected chi connectivity index (χ1v) is 8.08. The normalized spacial score (nSPS) is 11.2. The molecule has 2 rings (SSSR count). The van der Waals surface area contributed by atoms with Crippen molar-refractivity contribution < 1.29 is 9.59 Å². The molecule has 8 heteroatoms. The zero-order valence-corrected chi connectivity index (χ0v) is 13.6. The van der Waals surface area contributed by atoms with E-state index in [2.05, 4.69) is 21.1 Å². The molecule has 0 saturated carbocycles. The quantitative estimate of drug-likeness (QED) is 0.509. The number of hydrazone groups is 2. The molecule has 0 radical (unpaired) electrons. The molecule has 0 aliphatic rings. The first-order chi connectivity index (χ1) is 10.6. The van der Waals surface area contributed by atoms with Gasteiger partial charge >= 0.3 is 11.8 Å². The zero-order valence-electron chi connectivity index (χ0n) is 12.0. The number of hydrogen-bond donors (Lipinski definition) is 2. The van der Waals surface area contributed by atoms with Crippen LogP contribution in [0.5, 0.6) is 0 Å². The largest absolute Gasteiger partial charge is 0.331 e. The molecule has 0 fully saturated rings. The second kappa shape index (κ2) is 7.62. The Morgan fingerprint density at radius 3 is 1.64 bits per heavy atom. The number of hydrogen-bond acceptors (Lipinski definition) is 6. The van der Waals surface area contributed by atoms with Crippen molar-refractivity contribution in [3.05, 3.63) is 43.8 Å². The molecule has 2 aromatic heterocycles. The van der Waals surface area contributed by atoms with Crippen LogP contribution < -0.4 is 10.9 Å². The highest BCUT2D eigenvalue weighted by molar-refractivity contribution is 7.12.